The van der Waals surface area contributed by atoms with Gasteiger partial charge in [-0.25, -0.2) is 0 Å². The summed E-state index contributed by atoms with van der Waals surface area (Å²) in [6.07, 6.45) is 5.48. The number of unbranched alkanes of at least 4 members (excludes halogenated alkanes) is 1. The molecule has 0 atom stereocenters. The number of aromatic nitrogens is 4. The van der Waals surface area contributed by atoms with Crippen molar-refractivity contribution < 1.29 is 9.32 Å². The Labute approximate surface area is 196 Å². The first-order valence-electron chi connectivity index (χ1n) is 10.8. The van der Waals surface area contributed by atoms with Gasteiger partial charge in [-0.2, -0.15) is 10.1 Å². The third-order valence-electron chi connectivity index (χ3n) is 5.48. The highest BCUT2D eigenvalue weighted by molar-refractivity contribution is 7.13. The molecule has 4 rings (SSSR count). The van der Waals surface area contributed by atoms with E-state index in [0.717, 1.165) is 48.6 Å². The van der Waals surface area contributed by atoms with Crippen LogP contribution in [0.1, 0.15) is 36.9 Å². The summed E-state index contributed by atoms with van der Waals surface area (Å²) >= 11 is 8.05. The van der Waals surface area contributed by atoms with Crippen LogP contribution in [0.15, 0.2) is 28.1 Å². The summed E-state index contributed by atoms with van der Waals surface area (Å²) < 4.78 is 7.20. The van der Waals surface area contributed by atoms with E-state index in [1.54, 1.807) is 23.5 Å². The Morgan fingerprint density at radius 3 is 2.84 bits per heavy atom. The highest BCUT2D eigenvalue weighted by Crippen LogP contribution is 2.23. The van der Waals surface area contributed by atoms with Gasteiger partial charge in [-0.15, -0.1) is 11.3 Å². The second kappa shape index (κ2) is 10.4. The standard InChI is InChI=1S/C22H27ClN6O2S/c1-3-4-9-29-21(23)17(16(2)25-29)7-8-20(30)28-12-10-27(11-13-28)15-19-24-22(26-31-19)18-6-5-14-32-18/h5-8,14H,3-4,9-13,15H2,1-2H3/b8-7+. The molecule has 0 spiro atoms. The Morgan fingerprint density at radius 1 is 1.31 bits per heavy atom. The van der Waals surface area contributed by atoms with Crippen molar-refractivity contribution in [3.63, 3.8) is 0 Å². The normalized spacial score (nSPS) is 15.2. The second-order valence-corrected chi connectivity index (χ2v) is 9.10. The summed E-state index contributed by atoms with van der Waals surface area (Å²) in [5.41, 5.74) is 1.65. The molecule has 0 aliphatic carbocycles. The first kappa shape index (κ1) is 22.7. The zero-order valence-corrected chi connectivity index (χ0v) is 19.9. The SMILES string of the molecule is CCCCn1nc(C)c(/C=C/C(=O)N2CCN(Cc3nc(-c4cccs4)no3)CC2)c1Cl. The molecule has 4 heterocycles. The molecule has 1 fully saturated rings. The molecule has 3 aromatic heterocycles. The summed E-state index contributed by atoms with van der Waals surface area (Å²) in [5, 5.41) is 11.1. The zero-order valence-electron chi connectivity index (χ0n) is 18.3. The smallest absolute Gasteiger partial charge is 0.246 e. The average molecular weight is 475 g/mol. The first-order valence-corrected chi connectivity index (χ1v) is 12.1. The van der Waals surface area contributed by atoms with E-state index in [9.17, 15) is 4.79 Å². The molecule has 0 unspecified atom stereocenters. The van der Waals surface area contributed by atoms with Gasteiger partial charge >= 0.3 is 0 Å². The topological polar surface area (TPSA) is 80.3 Å². The predicted molar refractivity (Wildman–Crippen MR) is 125 cm³/mol. The molecule has 0 N–H and O–H groups in total. The molecule has 32 heavy (non-hydrogen) atoms. The molecule has 0 radical (unpaired) electrons. The lowest BCUT2D eigenvalue weighted by molar-refractivity contribution is -0.127. The van der Waals surface area contributed by atoms with Crippen molar-refractivity contribution >= 4 is 34.9 Å². The number of carbonyl (C=O) groups is 1. The minimum atomic E-state index is -0.0146. The number of hydrogen-bond acceptors (Lipinski definition) is 7. The van der Waals surface area contributed by atoms with Crippen molar-refractivity contribution in [2.45, 2.75) is 39.8 Å². The second-order valence-electron chi connectivity index (χ2n) is 7.79. The van der Waals surface area contributed by atoms with E-state index in [1.165, 1.54) is 0 Å². The van der Waals surface area contributed by atoms with Gasteiger partial charge in [-0.3, -0.25) is 14.4 Å². The Bertz CT molecular complexity index is 1070. The van der Waals surface area contributed by atoms with Crippen molar-refractivity contribution in [2.24, 2.45) is 0 Å². The average Bonchev–Trinajstić information content (AvgIpc) is 3.53. The summed E-state index contributed by atoms with van der Waals surface area (Å²) in [4.78, 5) is 22.2. The third kappa shape index (κ3) is 5.28. The predicted octanol–water partition coefficient (Wildman–Crippen LogP) is 4.11. The lowest BCUT2D eigenvalue weighted by atomic mass is 10.2. The minimum Gasteiger partial charge on any atom is -0.338 e. The van der Waals surface area contributed by atoms with Crippen molar-refractivity contribution in [3.8, 4) is 10.7 Å². The van der Waals surface area contributed by atoms with Crippen LogP contribution in [0, 0.1) is 6.92 Å². The van der Waals surface area contributed by atoms with E-state index in [4.69, 9.17) is 16.1 Å². The number of amides is 1. The molecular formula is C22H27ClN6O2S. The Hall–Kier alpha value is -2.49. The van der Waals surface area contributed by atoms with Gasteiger partial charge in [0.25, 0.3) is 0 Å². The van der Waals surface area contributed by atoms with Crippen LogP contribution in [0.5, 0.6) is 0 Å². The Morgan fingerprint density at radius 2 is 2.12 bits per heavy atom. The molecule has 10 heteroatoms. The maximum atomic E-state index is 12.7. The van der Waals surface area contributed by atoms with Crippen molar-refractivity contribution in [1.29, 1.82) is 0 Å². The first-order chi connectivity index (χ1) is 15.5. The number of nitrogens with zero attached hydrogens (tertiary/aromatic N) is 6. The van der Waals surface area contributed by atoms with Gasteiger partial charge in [0.1, 0.15) is 5.15 Å². The summed E-state index contributed by atoms with van der Waals surface area (Å²) in [6, 6.07) is 3.94. The number of halogens is 1. The quantitative estimate of drug-likeness (QED) is 0.457. The van der Waals surface area contributed by atoms with E-state index in [0.29, 0.717) is 36.5 Å². The van der Waals surface area contributed by atoms with E-state index in [1.807, 2.05) is 34.0 Å². The van der Waals surface area contributed by atoms with E-state index in [-0.39, 0.29) is 5.91 Å². The molecule has 0 bridgehead atoms. The van der Waals surface area contributed by atoms with Crippen LogP contribution in [0.2, 0.25) is 5.15 Å². The maximum Gasteiger partial charge on any atom is 0.246 e. The van der Waals surface area contributed by atoms with Crippen LogP contribution >= 0.6 is 22.9 Å². The highest BCUT2D eigenvalue weighted by atomic mass is 35.5. The molecular weight excluding hydrogens is 448 g/mol. The van der Waals surface area contributed by atoms with Gasteiger partial charge in [-0.05, 0) is 30.9 Å². The molecule has 0 aromatic carbocycles. The fourth-order valence-corrected chi connectivity index (χ4v) is 4.59. The van der Waals surface area contributed by atoms with Crippen LogP contribution in [0.3, 0.4) is 0 Å². The highest BCUT2D eigenvalue weighted by Gasteiger charge is 2.22. The van der Waals surface area contributed by atoms with Crippen molar-refractivity contribution in [3.05, 3.63) is 45.9 Å². The van der Waals surface area contributed by atoms with Gasteiger partial charge in [0.05, 0.1) is 17.1 Å². The van der Waals surface area contributed by atoms with Crippen LogP contribution in [-0.2, 0) is 17.9 Å². The Kier molecular flexibility index (Phi) is 7.39. The molecule has 3 aromatic rings. The summed E-state index contributed by atoms with van der Waals surface area (Å²) in [7, 11) is 0. The van der Waals surface area contributed by atoms with Crippen molar-refractivity contribution in [2.75, 3.05) is 26.2 Å². The lowest BCUT2D eigenvalue weighted by Crippen LogP contribution is -2.47. The Balaban J connectivity index is 1.29. The molecule has 0 saturated carbocycles. The zero-order chi connectivity index (χ0) is 22.5. The largest absolute Gasteiger partial charge is 0.338 e. The summed E-state index contributed by atoms with van der Waals surface area (Å²) in [6.45, 7) is 8.23. The van der Waals surface area contributed by atoms with E-state index in [2.05, 4.69) is 27.1 Å². The van der Waals surface area contributed by atoms with E-state index < -0.39 is 0 Å². The van der Waals surface area contributed by atoms with Gasteiger partial charge < -0.3 is 9.42 Å². The number of carbonyl (C=O) groups excluding carboxylic acids is 1. The van der Waals surface area contributed by atoms with Crippen LogP contribution in [0.4, 0.5) is 0 Å². The maximum absolute atomic E-state index is 12.7. The van der Waals surface area contributed by atoms with Crippen LogP contribution in [0.25, 0.3) is 16.8 Å². The number of piperazine rings is 1. The molecule has 1 amide bonds. The third-order valence-corrected chi connectivity index (χ3v) is 6.74. The monoisotopic (exact) mass is 474 g/mol. The molecule has 1 saturated heterocycles. The van der Waals surface area contributed by atoms with Crippen molar-refractivity contribution in [1.82, 2.24) is 29.7 Å². The van der Waals surface area contributed by atoms with E-state index >= 15 is 0 Å². The molecule has 170 valence electrons. The fraction of sp³-hybridized carbons (Fsp3) is 0.455. The van der Waals surface area contributed by atoms with Crippen LogP contribution < -0.4 is 0 Å². The van der Waals surface area contributed by atoms with Gasteiger partial charge in [0, 0.05) is 44.4 Å². The number of aryl methyl sites for hydroxylation is 2. The van der Waals surface area contributed by atoms with Crippen LogP contribution in [-0.4, -0.2) is 61.8 Å². The summed E-state index contributed by atoms with van der Waals surface area (Å²) in [5.74, 6) is 1.21. The molecule has 8 nitrogen and oxygen atoms in total. The fourth-order valence-electron chi connectivity index (χ4n) is 3.62. The number of thiophene rings is 1. The molecule has 1 aliphatic heterocycles. The molecule has 1 aliphatic rings. The lowest BCUT2D eigenvalue weighted by Gasteiger charge is -2.33. The van der Waals surface area contributed by atoms with Gasteiger partial charge in [0.2, 0.25) is 17.6 Å². The number of hydrogen-bond donors (Lipinski definition) is 0. The van der Waals surface area contributed by atoms with Gasteiger partial charge in [-0.1, -0.05) is 36.2 Å². The minimum absolute atomic E-state index is 0.0146. The number of rotatable bonds is 8. The van der Waals surface area contributed by atoms with Gasteiger partial charge in [0.15, 0.2) is 0 Å².